The Balaban J connectivity index is 0.819. The van der Waals surface area contributed by atoms with Gasteiger partial charge in [-0.3, -0.25) is 29.1 Å². The minimum absolute atomic E-state index is 0.0523. The van der Waals surface area contributed by atoms with Crippen LogP contribution in [0.1, 0.15) is 165 Å². The fourth-order valence-electron chi connectivity index (χ4n) is 14.2. The molecule has 0 aliphatic heterocycles. The van der Waals surface area contributed by atoms with Crippen LogP contribution in [0.4, 0.5) is 31.4 Å². The Labute approximate surface area is 655 Å². The third-order valence-electron chi connectivity index (χ3n) is 21.2. The van der Waals surface area contributed by atoms with Gasteiger partial charge >= 0.3 is 35.3 Å². The summed E-state index contributed by atoms with van der Waals surface area (Å²) >= 11 is 0. The molecule has 0 aliphatic carbocycles. The van der Waals surface area contributed by atoms with E-state index in [4.69, 9.17) is 14.2 Å². The number of ketones is 3. The van der Waals surface area contributed by atoms with Gasteiger partial charge in [-0.2, -0.15) is 0 Å². The van der Waals surface area contributed by atoms with Crippen molar-refractivity contribution in [2.24, 2.45) is 0 Å². The van der Waals surface area contributed by atoms with Crippen molar-refractivity contribution in [1.29, 1.82) is 0 Å². The number of benzene rings is 6. The number of nitrogens with zero attached hydrogens (tertiary/aromatic N) is 6. The summed E-state index contributed by atoms with van der Waals surface area (Å²) in [6.45, 7) is 8.90. The van der Waals surface area contributed by atoms with Crippen LogP contribution in [0.2, 0.25) is 0 Å². The Morgan fingerprint density at radius 1 is 0.315 bits per heavy atom. The number of aromatic nitrogens is 3. The first-order valence-corrected chi connectivity index (χ1v) is 39.6. The molecule has 6 aromatic carbocycles. The van der Waals surface area contributed by atoms with Gasteiger partial charge in [0.1, 0.15) is 19.8 Å². The first-order chi connectivity index (χ1) is 53.6. The average molecular weight is 1530 g/mol. The highest BCUT2D eigenvalue weighted by Crippen LogP contribution is 2.32. The highest BCUT2D eigenvalue weighted by Gasteiger charge is 2.42. The maximum Gasteiger partial charge on any atom is 0.407 e. The lowest BCUT2D eigenvalue weighted by Crippen LogP contribution is -2.54. The van der Waals surface area contributed by atoms with Gasteiger partial charge in [-0.25, -0.2) is 42.5 Å². The summed E-state index contributed by atoms with van der Waals surface area (Å²) in [6.07, 6.45) is 9.38. The van der Waals surface area contributed by atoms with Gasteiger partial charge in [0.25, 0.3) is 0 Å². The number of rotatable bonds is 51. The van der Waals surface area contributed by atoms with Crippen LogP contribution in [0, 0.1) is 0 Å². The Bertz CT molecular complexity index is 3740. The number of unbranched alkanes of at least 4 members (excludes halogenated alkanes) is 9. The van der Waals surface area contributed by atoms with Crippen molar-refractivity contribution in [3.05, 3.63) is 229 Å². The molecule has 0 spiro atoms. The summed E-state index contributed by atoms with van der Waals surface area (Å²) in [6, 6.07) is 52.2. The predicted molar refractivity (Wildman–Crippen MR) is 441 cm³/mol. The molecule has 600 valence electrons. The van der Waals surface area contributed by atoms with Gasteiger partial charge in [-0.15, -0.1) is 0 Å². The molecule has 3 unspecified atom stereocenters. The lowest BCUT2D eigenvalue weighted by atomic mass is 9.80. The number of hydrogen-bond donors (Lipinski definition) is 6. The fraction of sp³-hybridized carbons (Fsp3) is 0.483. The molecular weight excluding hydrogens is 1410 g/mol. The molecule has 0 fully saturated rings. The smallest absolute Gasteiger partial charge is 0.407 e. The number of amides is 3. The normalized spacial score (nSPS) is 13.0. The Kier molecular flexibility index (Phi) is 36.4. The van der Waals surface area contributed by atoms with Gasteiger partial charge in [-0.05, 0) is 209 Å². The number of anilines is 3. The largest absolute Gasteiger partial charge is 0.448 e. The van der Waals surface area contributed by atoms with Crippen molar-refractivity contribution in [3.63, 3.8) is 0 Å². The number of carbonyl (C=O) groups is 6. The van der Waals surface area contributed by atoms with Crippen LogP contribution in [0.25, 0.3) is 0 Å². The van der Waals surface area contributed by atoms with Gasteiger partial charge < -0.3 is 46.1 Å². The first-order valence-electron chi connectivity index (χ1n) is 39.6. The highest BCUT2D eigenvalue weighted by atomic mass is 16.6. The maximum absolute atomic E-state index is 14.0. The molecule has 111 heavy (non-hydrogen) atoms. The molecule has 1 aromatic heterocycles. The van der Waals surface area contributed by atoms with Crippen molar-refractivity contribution in [2.75, 3.05) is 117 Å². The van der Waals surface area contributed by atoms with Gasteiger partial charge in [0, 0.05) is 92.7 Å². The van der Waals surface area contributed by atoms with Gasteiger partial charge in [0.2, 0.25) is 0 Å². The molecule has 6 N–H and O–H groups in total. The molecule has 24 nitrogen and oxygen atoms in total. The van der Waals surface area contributed by atoms with E-state index in [1.54, 1.807) is 0 Å². The van der Waals surface area contributed by atoms with E-state index in [0.717, 1.165) is 47.5 Å². The molecule has 0 bridgehead atoms. The van der Waals surface area contributed by atoms with Gasteiger partial charge in [0.05, 0.1) is 16.6 Å². The number of alkyl carbamates (subject to hydrolysis) is 3. The van der Waals surface area contributed by atoms with Crippen molar-refractivity contribution in [2.45, 2.75) is 173 Å². The Morgan fingerprint density at radius 2 is 0.550 bits per heavy atom. The molecule has 0 radical (unpaired) electrons. The Hall–Kier alpha value is -10.2. The second kappa shape index (κ2) is 45.9. The number of nitrogens with one attached hydrogen (secondary N) is 6. The van der Waals surface area contributed by atoms with Crippen molar-refractivity contribution in [3.8, 4) is 0 Å². The van der Waals surface area contributed by atoms with Crippen molar-refractivity contribution < 1.29 is 43.0 Å². The molecule has 0 saturated heterocycles. The lowest BCUT2D eigenvalue weighted by molar-refractivity contribution is 0.0661. The standard InChI is InChI=1S/C87H120N12O12/c1-10-85(94(4)5,64-67-34-22-19-23-35-67)76(100)70-40-46-73(47-41-70)88-55-61-109-79(103)91-52-28-13-16-31-58-97-82(106)98(59-32-17-14-29-53-92-80(104)110-62-56-89-74-48-42-71(43-49-74)77(101)86(11-2,95(6)7)65-68-36-24-20-25-37-68)84(108)99(83(97)107)60-33-18-15-30-54-93-81(105)111-63-57-90-75-50-44-72(45-51-75)78(102)87(12-3,96(8)9)66-69-38-26-21-27-39-69/h19-27,34-51,88-90H,10-18,28-33,52-66H2,1-9H3,(H,91,103)(H,92,104)(H,93,105). The minimum Gasteiger partial charge on any atom is -0.448 e. The summed E-state index contributed by atoms with van der Waals surface area (Å²) in [4.78, 5) is 128. The third-order valence-corrected chi connectivity index (χ3v) is 21.2. The van der Waals surface area contributed by atoms with Crippen LogP contribution in [-0.4, -0.2) is 182 Å². The quantitative estimate of drug-likeness (QED) is 0.0117. The number of likely N-dealkylation sites (N-methyl/N-ethyl adjacent to an activating group) is 3. The van der Waals surface area contributed by atoms with E-state index in [0.29, 0.717) is 172 Å². The zero-order valence-corrected chi connectivity index (χ0v) is 66.9. The van der Waals surface area contributed by atoms with E-state index < -0.39 is 52.0 Å². The minimum atomic E-state index is -0.700. The predicted octanol–water partition coefficient (Wildman–Crippen LogP) is 12.8. The molecular formula is C87H120N12O12. The van der Waals surface area contributed by atoms with E-state index in [9.17, 15) is 43.2 Å². The summed E-state index contributed by atoms with van der Waals surface area (Å²) in [5.74, 6) is 0.157. The number of hydrogen-bond acceptors (Lipinski definition) is 18. The van der Waals surface area contributed by atoms with Crippen LogP contribution in [0.3, 0.4) is 0 Å². The third kappa shape index (κ3) is 26.2. The lowest BCUT2D eigenvalue weighted by Gasteiger charge is -2.38. The van der Waals surface area contributed by atoms with Crippen LogP contribution in [0.5, 0.6) is 0 Å². The van der Waals surface area contributed by atoms with Crippen LogP contribution in [0.15, 0.2) is 178 Å². The summed E-state index contributed by atoms with van der Waals surface area (Å²) in [7, 11) is 11.7. The monoisotopic (exact) mass is 1520 g/mol. The number of ether oxygens (including phenoxy) is 3. The first kappa shape index (κ1) is 88.0. The average Bonchev–Trinajstić information content (AvgIpc) is 0.800. The van der Waals surface area contributed by atoms with E-state index in [2.05, 4.69) is 31.9 Å². The van der Waals surface area contributed by atoms with Gasteiger partial charge in [-0.1, -0.05) is 150 Å². The SMILES string of the molecule is CCC(Cc1ccccc1)(C(=O)c1ccc(NCCOC(=O)NCCCCCCn2c(=O)n(CCCCCCNC(=O)OCCNc3ccc(C(=O)C(CC)(Cc4ccccc4)N(C)C)cc3)c(=O)n(CCCCCCNC(=O)OCCNc3ccc(C(=O)C(CC)(Cc4ccccc4)N(C)C)cc3)c2=O)cc1)N(C)C. The van der Waals surface area contributed by atoms with E-state index in [1.807, 2.05) is 242 Å². The fourth-order valence-corrected chi connectivity index (χ4v) is 14.2. The molecule has 0 aliphatic rings. The molecule has 0 saturated carbocycles. The zero-order chi connectivity index (χ0) is 80.0. The van der Waals surface area contributed by atoms with E-state index in [-0.39, 0.29) is 56.8 Å². The second-order valence-corrected chi connectivity index (χ2v) is 29.1. The Morgan fingerprint density at radius 3 is 0.775 bits per heavy atom. The highest BCUT2D eigenvalue weighted by molar-refractivity contribution is 6.05. The molecule has 3 amide bonds. The number of carbonyl (C=O) groups excluding carboxylic acids is 6. The van der Waals surface area contributed by atoms with Crippen molar-refractivity contribution >= 4 is 52.7 Å². The number of Topliss-reactive ketones (excluding diaryl/α,β-unsaturated/α-hetero) is 3. The maximum atomic E-state index is 14.0. The summed E-state index contributed by atoms with van der Waals surface area (Å²) in [5.41, 5.74) is 3.40. The molecule has 3 atom stereocenters. The molecule has 7 aromatic rings. The van der Waals surface area contributed by atoms with Crippen LogP contribution >= 0.6 is 0 Å². The molecule has 7 rings (SSSR count). The van der Waals surface area contributed by atoms with E-state index in [1.165, 1.54) is 0 Å². The topological polar surface area (TPSA) is 278 Å². The van der Waals surface area contributed by atoms with E-state index >= 15 is 0 Å². The van der Waals surface area contributed by atoms with Crippen LogP contribution < -0.4 is 49.0 Å². The molecule has 1 heterocycles. The van der Waals surface area contributed by atoms with Gasteiger partial charge in [0.15, 0.2) is 17.3 Å². The zero-order valence-electron chi connectivity index (χ0n) is 66.9. The summed E-state index contributed by atoms with van der Waals surface area (Å²) in [5, 5.41) is 18.1. The second-order valence-electron chi connectivity index (χ2n) is 29.1. The van der Waals surface area contributed by atoms with Crippen molar-refractivity contribution in [1.82, 2.24) is 44.4 Å². The molecule has 24 heteroatoms. The summed E-state index contributed by atoms with van der Waals surface area (Å²) < 4.78 is 19.7. The van der Waals surface area contributed by atoms with Crippen LogP contribution in [-0.2, 0) is 53.1 Å².